The fourth-order valence-corrected chi connectivity index (χ4v) is 4.36. The van der Waals surface area contributed by atoms with E-state index in [-0.39, 0.29) is 5.50 Å². The second kappa shape index (κ2) is 6.27. The minimum Gasteiger partial charge on any atom is -0.294 e. The van der Waals surface area contributed by atoms with Crippen molar-refractivity contribution in [2.45, 2.75) is 11.9 Å². The number of fused-ring (bicyclic) bond motifs is 1. The van der Waals surface area contributed by atoms with Crippen LogP contribution < -0.4 is 10.7 Å². The number of aromatic nitrogens is 2. The standard InChI is InChI=1S/C15H14BrN5S2/c1-17-14-20-19-13(23-14)6-11-8-22-15-18-12(7-21(11)15)9-2-4-10(16)5-3-9/h2-5,7-8,14,17,20H,6H2,1H3. The fourth-order valence-electron chi connectivity index (χ4n) is 2.40. The second-order valence-corrected chi connectivity index (χ2v) is 8.04. The molecule has 0 saturated heterocycles. The number of hydrogen-bond donors (Lipinski definition) is 2. The van der Waals surface area contributed by atoms with Crippen molar-refractivity contribution in [1.82, 2.24) is 20.1 Å². The molecule has 1 unspecified atom stereocenters. The van der Waals surface area contributed by atoms with E-state index in [0.29, 0.717) is 0 Å². The third-order valence-electron chi connectivity index (χ3n) is 3.58. The lowest BCUT2D eigenvalue weighted by molar-refractivity contribution is 0.628. The Labute approximate surface area is 150 Å². The Morgan fingerprint density at radius 1 is 1.35 bits per heavy atom. The Hall–Kier alpha value is -1.35. The molecule has 0 saturated carbocycles. The van der Waals surface area contributed by atoms with Crippen molar-refractivity contribution >= 4 is 49.0 Å². The summed E-state index contributed by atoms with van der Waals surface area (Å²) in [5.41, 5.74) is 6.57. The van der Waals surface area contributed by atoms with Crippen molar-refractivity contribution < 1.29 is 0 Å². The van der Waals surface area contributed by atoms with Gasteiger partial charge in [-0.1, -0.05) is 39.8 Å². The van der Waals surface area contributed by atoms with Gasteiger partial charge in [0.05, 0.1) is 5.69 Å². The maximum Gasteiger partial charge on any atom is 0.194 e. The van der Waals surface area contributed by atoms with E-state index in [1.807, 2.05) is 19.2 Å². The normalized spacial score (nSPS) is 17.5. The van der Waals surface area contributed by atoms with Crippen molar-refractivity contribution in [3.05, 3.63) is 46.0 Å². The topological polar surface area (TPSA) is 53.7 Å². The summed E-state index contributed by atoms with van der Waals surface area (Å²) in [5.74, 6) is 0. The average Bonchev–Trinajstić information content (AvgIpc) is 3.25. The number of halogens is 1. The van der Waals surface area contributed by atoms with Crippen LogP contribution >= 0.6 is 39.0 Å². The van der Waals surface area contributed by atoms with Gasteiger partial charge in [0.1, 0.15) is 10.5 Å². The molecule has 4 rings (SSSR count). The molecule has 2 aromatic heterocycles. The summed E-state index contributed by atoms with van der Waals surface area (Å²) in [5, 5.41) is 10.8. The molecule has 0 radical (unpaired) electrons. The molecule has 8 heteroatoms. The lowest BCUT2D eigenvalue weighted by atomic mass is 10.2. The predicted octanol–water partition coefficient (Wildman–Crippen LogP) is 3.52. The molecule has 0 aliphatic carbocycles. The van der Waals surface area contributed by atoms with Crippen molar-refractivity contribution in [3.8, 4) is 11.3 Å². The molecule has 0 bridgehead atoms. The lowest BCUT2D eigenvalue weighted by Gasteiger charge is -2.05. The second-order valence-electron chi connectivity index (χ2n) is 5.11. The number of hydrazone groups is 1. The van der Waals surface area contributed by atoms with Crippen LogP contribution in [0.4, 0.5) is 0 Å². The number of benzene rings is 1. The maximum atomic E-state index is 4.73. The van der Waals surface area contributed by atoms with E-state index in [1.165, 1.54) is 5.69 Å². The highest BCUT2D eigenvalue weighted by atomic mass is 79.9. The van der Waals surface area contributed by atoms with Crippen molar-refractivity contribution in [1.29, 1.82) is 0 Å². The van der Waals surface area contributed by atoms with Crippen molar-refractivity contribution in [3.63, 3.8) is 0 Å². The van der Waals surface area contributed by atoms with Gasteiger partial charge in [-0.2, -0.15) is 5.10 Å². The Balaban J connectivity index is 1.61. The summed E-state index contributed by atoms with van der Waals surface area (Å²) < 4.78 is 3.24. The van der Waals surface area contributed by atoms with Gasteiger partial charge in [-0.05, 0) is 19.2 Å². The van der Waals surface area contributed by atoms with E-state index >= 15 is 0 Å². The van der Waals surface area contributed by atoms with Gasteiger partial charge in [-0.3, -0.25) is 15.1 Å². The third-order valence-corrected chi connectivity index (χ3v) is 6.08. The van der Waals surface area contributed by atoms with Gasteiger partial charge in [0.25, 0.3) is 0 Å². The van der Waals surface area contributed by atoms with Crippen LogP contribution in [-0.4, -0.2) is 27.0 Å². The highest BCUT2D eigenvalue weighted by Gasteiger charge is 2.19. The molecule has 0 amide bonds. The summed E-state index contributed by atoms with van der Waals surface area (Å²) in [6, 6.07) is 8.23. The molecule has 1 atom stereocenters. The zero-order chi connectivity index (χ0) is 15.8. The highest BCUT2D eigenvalue weighted by molar-refractivity contribution is 9.10. The van der Waals surface area contributed by atoms with Crippen LogP contribution in [0.25, 0.3) is 16.2 Å². The van der Waals surface area contributed by atoms with Gasteiger partial charge >= 0.3 is 0 Å². The number of thiazole rings is 1. The first kappa shape index (κ1) is 15.2. The van der Waals surface area contributed by atoms with Gasteiger partial charge in [0, 0.05) is 33.7 Å². The summed E-state index contributed by atoms with van der Waals surface area (Å²) >= 11 is 6.85. The van der Waals surface area contributed by atoms with Crippen LogP contribution in [0.2, 0.25) is 0 Å². The van der Waals surface area contributed by atoms with E-state index in [1.54, 1.807) is 23.1 Å². The van der Waals surface area contributed by atoms with E-state index in [4.69, 9.17) is 4.98 Å². The molecule has 0 fully saturated rings. The van der Waals surface area contributed by atoms with Crippen LogP contribution in [0.1, 0.15) is 5.69 Å². The molecule has 118 valence electrons. The first-order valence-electron chi connectivity index (χ1n) is 7.10. The van der Waals surface area contributed by atoms with Gasteiger partial charge < -0.3 is 0 Å². The Morgan fingerprint density at radius 3 is 2.91 bits per heavy atom. The molecule has 23 heavy (non-hydrogen) atoms. The predicted molar refractivity (Wildman–Crippen MR) is 101 cm³/mol. The SMILES string of the molecule is CNC1NN=C(Cc2csc3nc(-c4ccc(Br)cc4)cn23)S1. The molecule has 0 spiro atoms. The summed E-state index contributed by atoms with van der Waals surface area (Å²) in [4.78, 5) is 5.74. The van der Waals surface area contributed by atoms with E-state index in [0.717, 1.165) is 32.2 Å². The lowest BCUT2D eigenvalue weighted by Crippen LogP contribution is -2.30. The van der Waals surface area contributed by atoms with E-state index in [2.05, 4.69) is 59.9 Å². The van der Waals surface area contributed by atoms with Crippen LogP contribution in [0.5, 0.6) is 0 Å². The minimum atomic E-state index is 0.167. The summed E-state index contributed by atoms with van der Waals surface area (Å²) in [6.45, 7) is 0. The maximum absolute atomic E-state index is 4.73. The summed E-state index contributed by atoms with van der Waals surface area (Å²) in [7, 11) is 1.92. The van der Waals surface area contributed by atoms with Crippen LogP contribution in [0, 0.1) is 0 Å². The Kier molecular flexibility index (Phi) is 4.14. The number of nitrogens with zero attached hydrogens (tertiary/aromatic N) is 3. The van der Waals surface area contributed by atoms with Gasteiger partial charge in [0.15, 0.2) is 4.96 Å². The summed E-state index contributed by atoms with van der Waals surface area (Å²) in [6.07, 6.45) is 2.92. The molecule has 1 aliphatic rings. The smallest absolute Gasteiger partial charge is 0.194 e. The fraction of sp³-hybridized carbons (Fsp3) is 0.200. The monoisotopic (exact) mass is 407 g/mol. The first-order chi connectivity index (χ1) is 11.2. The highest BCUT2D eigenvalue weighted by Crippen LogP contribution is 2.26. The first-order valence-corrected chi connectivity index (χ1v) is 9.65. The van der Waals surface area contributed by atoms with Crippen LogP contribution in [0.3, 0.4) is 0 Å². The minimum absolute atomic E-state index is 0.167. The Bertz CT molecular complexity index is 868. The zero-order valence-electron chi connectivity index (χ0n) is 12.3. The molecule has 1 aliphatic heterocycles. The largest absolute Gasteiger partial charge is 0.294 e. The van der Waals surface area contributed by atoms with Crippen molar-refractivity contribution in [2.24, 2.45) is 5.10 Å². The van der Waals surface area contributed by atoms with Crippen molar-refractivity contribution in [2.75, 3.05) is 7.05 Å². The Morgan fingerprint density at radius 2 is 2.17 bits per heavy atom. The average molecular weight is 408 g/mol. The van der Waals surface area contributed by atoms with Gasteiger partial charge in [-0.25, -0.2) is 4.98 Å². The number of rotatable bonds is 4. The number of hydrogen-bond acceptors (Lipinski definition) is 6. The van der Waals surface area contributed by atoms with Gasteiger partial charge in [-0.15, -0.1) is 11.3 Å². The van der Waals surface area contributed by atoms with Gasteiger partial charge in [0.2, 0.25) is 0 Å². The van der Waals surface area contributed by atoms with Crippen LogP contribution in [0.15, 0.2) is 45.4 Å². The van der Waals surface area contributed by atoms with Crippen LogP contribution in [-0.2, 0) is 6.42 Å². The molecule has 3 heterocycles. The molecule has 2 N–H and O–H groups in total. The molecular formula is C15H14BrN5S2. The van der Waals surface area contributed by atoms with E-state index in [9.17, 15) is 0 Å². The number of thioether (sulfide) groups is 1. The number of imidazole rings is 1. The molecular weight excluding hydrogens is 394 g/mol. The van der Waals surface area contributed by atoms with E-state index < -0.39 is 0 Å². The quantitative estimate of drug-likeness (QED) is 0.694. The molecule has 5 nitrogen and oxygen atoms in total. The molecule has 3 aromatic rings. The number of nitrogens with one attached hydrogen (secondary N) is 2. The zero-order valence-corrected chi connectivity index (χ0v) is 15.5. The molecule has 1 aromatic carbocycles. The third kappa shape index (κ3) is 3.03.